The van der Waals surface area contributed by atoms with E-state index in [1.165, 1.54) is 0 Å². The van der Waals surface area contributed by atoms with Crippen LogP contribution in [0.25, 0.3) is 32.9 Å². The zero-order valence-electron chi connectivity index (χ0n) is 30.0. The fourth-order valence-corrected chi connectivity index (χ4v) is 10.7. The summed E-state index contributed by atoms with van der Waals surface area (Å²) in [5, 5.41) is 15.6. The van der Waals surface area contributed by atoms with Gasteiger partial charge in [0.15, 0.2) is 5.82 Å². The maximum atomic E-state index is 17.3. The minimum absolute atomic E-state index is 0.0203. The number of rotatable bonds is 7. The van der Waals surface area contributed by atoms with Crippen molar-refractivity contribution in [1.82, 2.24) is 19.8 Å². The first kappa shape index (κ1) is 34.1. The number of carbonyl (C=O) groups is 1. The van der Waals surface area contributed by atoms with E-state index in [4.69, 9.17) is 32.6 Å². The van der Waals surface area contributed by atoms with E-state index in [2.05, 4.69) is 31.8 Å². The van der Waals surface area contributed by atoms with Gasteiger partial charge in [-0.1, -0.05) is 35.3 Å². The Bertz CT molecular complexity index is 2510. The van der Waals surface area contributed by atoms with Crippen LogP contribution in [0.1, 0.15) is 66.9 Å². The molecule has 4 bridgehead atoms. The monoisotopic (exact) mass is 764 g/mol. The van der Waals surface area contributed by atoms with Gasteiger partial charge in [0, 0.05) is 89.0 Å². The number of carbonyl (C=O) groups excluding carboxylic acids is 1. The van der Waals surface area contributed by atoms with Crippen molar-refractivity contribution < 1.29 is 13.6 Å². The Morgan fingerprint density at radius 2 is 1.93 bits per heavy atom. The van der Waals surface area contributed by atoms with Gasteiger partial charge in [-0.25, -0.2) is 14.2 Å². The van der Waals surface area contributed by atoms with Crippen molar-refractivity contribution >= 4 is 56.6 Å². The number of aromatic nitrogens is 2. The molecule has 2 aromatic carbocycles. The predicted molar refractivity (Wildman–Crippen MR) is 206 cm³/mol. The molecule has 7 heterocycles. The molecular formula is C42H39Cl2FN6O3. The first-order valence-electron chi connectivity index (χ1n) is 19.0. The Hall–Kier alpha value is -4.43. The number of nitrogens with zero attached hydrogens (tertiary/aromatic N) is 5. The second-order valence-electron chi connectivity index (χ2n) is 16.0. The number of piperidine rings is 1. The second kappa shape index (κ2) is 12.6. The summed E-state index contributed by atoms with van der Waals surface area (Å²) in [6.07, 6.45) is 4.26. The molecule has 0 unspecified atom stereocenters. The standard InChI is InChI=1S/C42H39Cl2FN6O3/c1-20-11-26(15-34(52)54-20)49-18-25-12-27(19-49)50(42(53)22-8-9-22)40(25)33-16-29-21(2)48-38-30(41(29)51(33)39-24-14-32(39)47-17-24)13-23(5-4-10-46)35(37(38)45)28-6-3-7-31(43)36(28)44/h3,6-7,11,13,15-16,22,24-25,27,32,39-40,47H,4-5,8-9,12,14,17-19H2,1-2H3/t24-,25+,27-,32-,39+,40-/m1/s1. The molecule has 0 radical (unpaired) electrons. The van der Waals surface area contributed by atoms with Crippen molar-refractivity contribution in [1.29, 1.82) is 5.26 Å². The fraction of sp³-hybridized carbons (Fsp3) is 0.429. The van der Waals surface area contributed by atoms with E-state index in [0.29, 0.717) is 64.0 Å². The molecule has 3 aromatic heterocycles. The van der Waals surface area contributed by atoms with Gasteiger partial charge in [-0.05, 0) is 81.7 Å². The van der Waals surface area contributed by atoms with Gasteiger partial charge < -0.3 is 24.1 Å². The molecule has 11 rings (SSSR count). The molecule has 1 amide bonds. The number of nitriles is 1. The van der Waals surface area contributed by atoms with Crippen LogP contribution in [0.5, 0.6) is 0 Å². The summed E-state index contributed by atoms with van der Waals surface area (Å²) in [5.41, 5.74) is 4.84. The van der Waals surface area contributed by atoms with Crippen LogP contribution in [-0.2, 0) is 11.2 Å². The number of nitrogens with one attached hydrogen (secondary N) is 1. The topological polar surface area (TPSA) is 107 Å². The summed E-state index contributed by atoms with van der Waals surface area (Å²) >= 11 is 13.2. The van der Waals surface area contributed by atoms with E-state index in [9.17, 15) is 14.9 Å². The Labute approximate surface area is 321 Å². The Kier molecular flexibility index (Phi) is 7.92. The number of hydrogen-bond acceptors (Lipinski definition) is 7. The second-order valence-corrected chi connectivity index (χ2v) is 16.8. The van der Waals surface area contributed by atoms with Crippen LogP contribution in [-0.4, -0.2) is 52.1 Å². The molecule has 1 N–H and O–H groups in total. The fourth-order valence-electron chi connectivity index (χ4n) is 10.3. The predicted octanol–water partition coefficient (Wildman–Crippen LogP) is 8.05. The number of aryl methyl sites for hydroxylation is 3. The molecule has 2 saturated carbocycles. The highest BCUT2D eigenvalue weighted by molar-refractivity contribution is 6.43. The maximum Gasteiger partial charge on any atom is 0.337 e. The maximum absolute atomic E-state index is 17.3. The van der Waals surface area contributed by atoms with Crippen molar-refractivity contribution in [3.63, 3.8) is 0 Å². The van der Waals surface area contributed by atoms with E-state index in [-0.39, 0.29) is 64.5 Å². The zero-order chi connectivity index (χ0) is 37.2. The highest BCUT2D eigenvalue weighted by Crippen LogP contribution is 2.54. The molecule has 4 saturated heterocycles. The summed E-state index contributed by atoms with van der Waals surface area (Å²) in [6, 6.07) is 15.3. The minimum atomic E-state index is -0.487. The average Bonchev–Trinajstić information content (AvgIpc) is 3.42. The molecule has 6 fully saturated rings. The van der Waals surface area contributed by atoms with Gasteiger partial charge in [0.05, 0.1) is 39.8 Å². The Morgan fingerprint density at radius 3 is 2.65 bits per heavy atom. The largest absolute Gasteiger partial charge is 0.428 e. The summed E-state index contributed by atoms with van der Waals surface area (Å²) in [5.74, 6) is 0.811. The lowest BCUT2D eigenvalue weighted by Gasteiger charge is -2.40. The molecule has 6 atom stereocenters. The molecule has 5 aromatic rings. The van der Waals surface area contributed by atoms with E-state index in [1.54, 1.807) is 31.2 Å². The van der Waals surface area contributed by atoms with E-state index in [1.807, 2.05) is 19.1 Å². The summed E-state index contributed by atoms with van der Waals surface area (Å²) in [6.45, 7) is 5.95. The number of benzene rings is 2. The normalized spacial score (nSPS) is 25.8. The molecular weight excluding hydrogens is 726 g/mol. The quantitative estimate of drug-likeness (QED) is 0.179. The van der Waals surface area contributed by atoms with Gasteiger partial charge in [0.25, 0.3) is 0 Å². The third kappa shape index (κ3) is 5.15. The van der Waals surface area contributed by atoms with E-state index >= 15 is 4.39 Å². The molecule has 6 aliphatic rings. The van der Waals surface area contributed by atoms with Crippen LogP contribution in [0.2, 0.25) is 10.0 Å². The molecule has 9 nitrogen and oxygen atoms in total. The van der Waals surface area contributed by atoms with E-state index in [0.717, 1.165) is 54.5 Å². The third-order valence-corrected chi connectivity index (χ3v) is 13.6. The minimum Gasteiger partial charge on any atom is -0.428 e. The van der Waals surface area contributed by atoms with Crippen LogP contribution in [0, 0.1) is 48.7 Å². The number of pyridine rings is 1. The lowest BCUT2D eigenvalue weighted by atomic mass is 9.79. The highest BCUT2D eigenvalue weighted by Gasteiger charge is 2.55. The SMILES string of the molecule is Cc1cc(N2C[C@@H]3C[C@H](C2)N(C(=O)C2CC2)[C@H]3c2cc3c(C)nc4c(F)c(-c5cccc(Cl)c5Cl)c(CCC#N)cc4c3n2[C@H]2[C@H]3CN[C@@H]2C3)cc(=O)o1. The van der Waals surface area contributed by atoms with Crippen LogP contribution in [0.4, 0.5) is 10.1 Å². The van der Waals surface area contributed by atoms with Crippen LogP contribution < -0.4 is 15.8 Å². The lowest BCUT2D eigenvalue weighted by molar-refractivity contribution is -0.135. The molecule has 4 aliphatic heterocycles. The zero-order valence-corrected chi connectivity index (χ0v) is 31.6. The van der Waals surface area contributed by atoms with Gasteiger partial charge in [0.2, 0.25) is 5.91 Å². The average molecular weight is 766 g/mol. The van der Waals surface area contributed by atoms with Gasteiger partial charge in [-0.15, -0.1) is 0 Å². The van der Waals surface area contributed by atoms with Gasteiger partial charge >= 0.3 is 5.63 Å². The summed E-state index contributed by atoms with van der Waals surface area (Å²) < 4.78 is 25.1. The van der Waals surface area contributed by atoms with Crippen LogP contribution >= 0.6 is 23.2 Å². The number of hydrogen-bond donors (Lipinski definition) is 1. The van der Waals surface area contributed by atoms with Gasteiger partial charge in [-0.3, -0.25) is 4.79 Å². The first-order chi connectivity index (χ1) is 26.1. The summed E-state index contributed by atoms with van der Waals surface area (Å²) in [4.78, 5) is 36.3. The van der Waals surface area contributed by atoms with Crippen molar-refractivity contribution in [2.45, 2.75) is 76.5 Å². The van der Waals surface area contributed by atoms with E-state index < -0.39 is 5.82 Å². The molecule has 54 heavy (non-hydrogen) atoms. The Morgan fingerprint density at radius 1 is 1.09 bits per heavy atom. The lowest BCUT2D eigenvalue weighted by Crippen LogP contribution is -2.45. The van der Waals surface area contributed by atoms with Gasteiger partial charge in [-0.2, -0.15) is 5.26 Å². The number of anilines is 1. The van der Waals surface area contributed by atoms with Gasteiger partial charge in [0.1, 0.15) is 11.3 Å². The smallest absolute Gasteiger partial charge is 0.337 e. The molecule has 12 heteroatoms. The molecule has 276 valence electrons. The number of likely N-dealkylation sites (tertiary alicyclic amines) is 1. The number of fused-ring (bicyclic) bond motifs is 6. The Balaban J connectivity index is 1.21. The number of halogens is 3. The summed E-state index contributed by atoms with van der Waals surface area (Å²) in [7, 11) is 0. The van der Waals surface area contributed by atoms with Crippen molar-refractivity contribution in [3.05, 3.63) is 91.5 Å². The molecule has 2 aliphatic carbocycles. The third-order valence-electron chi connectivity index (χ3n) is 12.8. The van der Waals surface area contributed by atoms with Crippen molar-refractivity contribution in [2.24, 2.45) is 17.8 Å². The van der Waals surface area contributed by atoms with Crippen LogP contribution in [0.15, 0.2) is 51.7 Å². The first-order valence-corrected chi connectivity index (χ1v) is 19.8. The highest BCUT2D eigenvalue weighted by atomic mass is 35.5. The van der Waals surface area contributed by atoms with Crippen molar-refractivity contribution in [3.8, 4) is 17.2 Å². The number of amides is 1. The van der Waals surface area contributed by atoms with Crippen molar-refractivity contribution in [2.75, 3.05) is 24.5 Å². The molecule has 0 spiro atoms. The van der Waals surface area contributed by atoms with Crippen LogP contribution in [0.3, 0.4) is 0 Å².